The van der Waals surface area contributed by atoms with Crippen LogP contribution >= 0.6 is 11.3 Å². The Hall–Kier alpha value is -3.60. The highest BCUT2D eigenvalue weighted by atomic mass is 32.1. The van der Waals surface area contributed by atoms with Crippen molar-refractivity contribution in [2.45, 2.75) is 6.36 Å². The molecule has 0 atom stereocenters. The molecule has 11 heteroatoms. The molecule has 4 rings (SSSR count). The van der Waals surface area contributed by atoms with E-state index in [-0.39, 0.29) is 10.9 Å². The third kappa shape index (κ3) is 4.63. The highest BCUT2D eigenvalue weighted by Gasteiger charge is 2.31. The molecule has 7 nitrogen and oxygen atoms in total. The minimum absolute atomic E-state index is 0.197. The standard InChI is InChI=1S/C18H12F3N5O2S/c19-18(20,21)28-13-3-1-2-11(9-13)15-25-26-17(29-15)24-16(27)23-12-4-5-14-10(8-12)6-7-22-14/h1-9,22H,(H2,23,24,26,27). The number of urea groups is 1. The summed E-state index contributed by atoms with van der Waals surface area (Å²) in [6.07, 6.45) is -2.99. The number of anilines is 2. The molecule has 0 saturated heterocycles. The zero-order valence-corrected chi connectivity index (χ0v) is 15.3. The highest BCUT2D eigenvalue weighted by molar-refractivity contribution is 7.18. The lowest BCUT2D eigenvalue weighted by atomic mass is 10.2. The van der Waals surface area contributed by atoms with Crippen LogP contribution in [-0.4, -0.2) is 27.6 Å². The van der Waals surface area contributed by atoms with Gasteiger partial charge in [0.05, 0.1) is 0 Å². The summed E-state index contributed by atoms with van der Waals surface area (Å²) in [5, 5.41) is 14.5. The summed E-state index contributed by atoms with van der Waals surface area (Å²) in [4.78, 5) is 15.2. The fourth-order valence-electron chi connectivity index (χ4n) is 2.61. The Bertz CT molecular complexity index is 1170. The van der Waals surface area contributed by atoms with Gasteiger partial charge in [0.1, 0.15) is 10.8 Å². The molecule has 148 valence electrons. The number of ether oxygens (including phenoxy) is 1. The number of rotatable bonds is 4. The first-order valence-electron chi connectivity index (χ1n) is 8.20. The van der Waals surface area contributed by atoms with Gasteiger partial charge in [0.2, 0.25) is 5.13 Å². The van der Waals surface area contributed by atoms with Crippen LogP contribution in [0.5, 0.6) is 5.75 Å². The van der Waals surface area contributed by atoms with Gasteiger partial charge in [0.25, 0.3) is 0 Å². The summed E-state index contributed by atoms with van der Waals surface area (Å²) in [6, 6.07) is 12.1. The number of hydrogen-bond donors (Lipinski definition) is 3. The van der Waals surface area contributed by atoms with Crippen molar-refractivity contribution in [2.24, 2.45) is 0 Å². The number of hydrogen-bond acceptors (Lipinski definition) is 5. The van der Waals surface area contributed by atoms with E-state index in [1.54, 1.807) is 18.3 Å². The maximum atomic E-state index is 12.4. The van der Waals surface area contributed by atoms with E-state index in [9.17, 15) is 18.0 Å². The highest BCUT2D eigenvalue weighted by Crippen LogP contribution is 2.31. The average Bonchev–Trinajstić information content (AvgIpc) is 3.29. The van der Waals surface area contributed by atoms with Gasteiger partial charge in [-0.3, -0.25) is 5.32 Å². The quantitative estimate of drug-likeness (QED) is 0.422. The van der Waals surface area contributed by atoms with Gasteiger partial charge in [0, 0.05) is 28.4 Å². The van der Waals surface area contributed by atoms with Gasteiger partial charge < -0.3 is 15.0 Å². The number of nitrogens with zero attached hydrogens (tertiary/aromatic N) is 2. The van der Waals surface area contributed by atoms with Crippen LogP contribution in [0.4, 0.5) is 28.8 Å². The second kappa shape index (κ2) is 7.43. The molecule has 0 spiro atoms. The molecule has 0 fully saturated rings. The van der Waals surface area contributed by atoms with Gasteiger partial charge >= 0.3 is 12.4 Å². The number of benzene rings is 2. The van der Waals surface area contributed by atoms with Gasteiger partial charge in [0.15, 0.2) is 0 Å². The smallest absolute Gasteiger partial charge is 0.406 e. The van der Waals surface area contributed by atoms with Crippen molar-refractivity contribution in [2.75, 3.05) is 10.6 Å². The summed E-state index contributed by atoms with van der Waals surface area (Å²) in [6.45, 7) is 0. The van der Waals surface area contributed by atoms with Gasteiger partial charge in [-0.15, -0.1) is 23.4 Å². The summed E-state index contributed by atoms with van der Waals surface area (Å²) in [5.41, 5.74) is 1.92. The largest absolute Gasteiger partial charge is 0.573 e. The van der Waals surface area contributed by atoms with E-state index in [2.05, 4.69) is 30.6 Å². The molecule has 0 unspecified atom stereocenters. The molecular formula is C18H12F3N5O2S. The van der Waals surface area contributed by atoms with E-state index < -0.39 is 12.4 Å². The van der Waals surface area contributed by atoms with E-state index in [1.165, 1.54) is 18.2 Å². The predicted octanol–water partition coefficient (Wildman–Crippen LogP) is 5.23. The van der Waals surface area contributed by atoms with Crippen molar-refractivity contribution < 1.29 is 22.7 Å². The Morgan fingerprint density at radius 1 is 1.07 bits per heavy atom. The summed E-state index contributed by atoms with van der Waals surface area (Å²) in [5.74, 6) is -0.363. The summed E-state index contributed by atoms with van der Waals surface area (Å²) < 4.78 is 41.0. The predicted molar refractivity (Wildman–Crippen MR) is 103 cm³/mol. The number of alkyl halides is 3. The minimum atomic E-state index is -4.78. The van der Waals surface area contributed by atoms with E-state index >= 15 is 0 Å². The van der Waals surface area contributed by atoms with Crippen LogP contribution in [0.15, 0.2) is 54.7 Å². The first-order chi connectivity index (χ1) is 13.9. The van der Waals surface area contributed by atoms with Crippen molar-refractivity contribution in [3.63, 3.8) is 0 Å². The molecule has 0 bridgehead atoms. The Labute approximate surface area is 165 Å². The molecule has 2 aromatic heterocycles. The first-order valence-corrected chi connectivity index (χ1v) is 9.02. The molecule has 4 aromatic rings. The summed E-state index contributed by atoms with van der Waals surface area (Å²) in [7, 11) is 0. The van der Waals surface area contributed by atoms with E-state index in [0.29, 0.717) is 16.3 Å². The molecule has 2 heterocycles. The lowest BCUT2D eigenvalue weighted by molar-refractivity contribution is -0.274. The summed E-state index contributed by atoms with van der Waals surface area (Å²) >= 11 is 1.02. The van der Waals surface area contributed by atoms with E-state index in [1.807, 2.05) is 18.2 Å². The van der Waals surface area contributed by atoms with E-state index in [0.717, 1.165) is 22.2 Å². The zero-order chi connectivity index (χ0) is 20.4. The van der Waals surface area contributed by atoms with Gasteiger partial charge in [-0.05, 0) is 36.4 Å². The van der Waals surface area contributed by atoms with Crippen molar-refractivity contribution in [3.05, 3.63) is 54.7 Å². The lowest BCUT2D eigenvalue weighted by Gasteiger charge is -2.08. The SMILES string of the molecule is O=C(Nc1ccc2[nH]ccc2c1)Nc1nnc(-c2cccc(OC(F)(F)F)c2)s1. The first kappa shape index (κ1) is 18.7. The number of amides is 2. The number of carbonyl (C=O) groups excluding carboxylic acids is 1. The topological polar surface area (TPSA) is 91.9 Å². The zero-order valence-electron chi connectivity index (χ0n) is 14.4. The second-order valence-electron chi connectivity index (χ2n) is 5.85. The van der Waals surface area contributed by atoms with Gasteiger partial charge in [-0.1, -0.05) is 23.5 Å². The van der Waals surface area contributed by atoms with Crippen molar-refractivity contribution in [1.82, 2.24) is 15.2 Å². The van der Waals surface area contributed by atoms with Crippen LogP contribution in [0, 0.1) is 0 Å². The molecule has 0 radical (unpaired) electrons. The van der Waals surface area contributed by atoms with Crippen LogP contribution < -0.4 is 15.4 Å². The Balaban J connectivity index is 1.43. The van der Waals surface area contributed by atoms with Crippen LogP contribution in [0.3, 0.4) is 0 Å². The third-order valence-electron chi connectivity index (χ3n) is 3.77. The second-order valence-corrected chi connectivity index (χ2v) is 6.82. The number of halogens is 3. The van der Waals surface area contributed by atoms with Gasteiger partial charge in [-0.2, -0.15) is 0 Å². The maximum Gasteiger partial charge on any atom is 0.573 e. The fraction of sp³-hybridized carbons (Fsp3) is 0.0556. The molecule has 0 aliphatic heterocycles. The average molecular weight is 419 g/mol. The van der Waals surface area contributed by atoms with E-state index in [4.69, 9.17) is 0 Å². The monoisotopic (exact) mass is 419 g/mol. The number of nitrogens with one attached hydrogen (secondary N) is 3. The molecular weight excluding hydrogens is 407 g/mol. The number of aromatic amines is 1. The number of carbonyl (C=O) groups is 1. The number of H-pyrrole nitrogens is 1. The fourth-order valence-corrected chi connectivity index (χ4v) is 3.34. The minimum Gasteiger partial charge on any atom is -0.406 e. The molecule has 0 aliphatic carbocycles. The molecule has 29 heavy (non-hydrogen) atoms. The lowest BCUT2D eigenvalue weighted by Crippen LogP contribution is -2.19. The number of fused-ring (bicyclic) bond motifs is 1. The van der Waals surface area contributed by atoms with Crippen molar-refractivity contribution in [3.8, 4) is 16.3 Å². The van der Waals surface area contributed by atoms with Crippen LogP contribution in [0.25, 0.3) is 21.5 Å². The molecule has 2 aromatic carbocycles. The molecule has 0 aliphatic rings. The third-order valence-corrected chi connectivity index (χ3v) is 4.66. The molecule has 3 N–H and O–H groups in total. The number of aromatic nitrogens is 3. The van der Waals surface area contributed by atoms with Crippen LogP contribution in [-0.2, 0) is 0 Å². The van der Waals surface area contributed by atoms with Crippen LogP contribution in [0.1, 0.15) is 0 Å². The molecule has 2 amide bonds. The molecule has 0 saturated carbocycles. The van der Waals surface area contributed by atoms with Gasteiger partial charge in [-0.25, -0.2) is 4.79 Å². The van der Waals surface area contributed by atoms with Crippen LogP contribution in [0.2, 0.25) is 0 Å². The van der Waals surface area contributed by atoms with Crippen molar-refractivity contribution >= 4 is 39.1 Å². The van der Waals surface area contributed by atoms with Crippen molar-refractivity contribution in [1.29, 1.82) is 0 Å². The Morgan fingerprint density at radius 3 is 2.76 bits per heavy atom. The maximum absolute atomic E-state index is 12.4. The normalized spacial score (nSPS) is 11.4. The Kier molecular flexibility index (Phi) is 4.80. The Morgan fingerprint density at radius 2 is 1.93 bits per heavy atom.